The molecule has 2 saturated carbocycles. The summed E-state index contributed by atoms with van der Waals surface area (Å²) in [5.41, 5.74) is 0.733. The summed E-state index contributed by atoms with van der Waals surface area (Å²) in [6.45, 7) is 15.3. The van der Waals surface area contributed by atoms with Crippen LogP contribution in [-0.2, 0) is 4.74 Å². The number of fused-ring (bicyclic) bond motifs is 1. The molecular formula is C17H33NO. The van der Waals surface area contributed by atoms with Gasteiger partial charge < -0.3 is 10.1 Å². The Hall–Kier alpha value is -0.0800. The van der Waals surface area contributed by atoms with Crippen molar-refractivity contribution in [3.63, 3.8) is 0 Å². The minimum absolute atomic E-state index is 0.000168. The van der Waals surface area contributed by atoms with Crippen LogP contribution in [0.25, 0.3) is 0 Å². The van der Waals surface area contributed by atoms with Crippen LogP contribution in [0.3, 0.4) is 0 Å². The largest absolute Gasteiger partial charge is 0.376 e. The second kappa shape index (κ2) is 5.04. The molecule has 2 heteroatoms. The fourth-order valence-electron chi connectivity index (χ4n) is 3.47. The maximum atomic E-state index is 5.97. The molecule has 0 radical (unpaired) electrons. The van der Waals surface area contributed by atoms with E-state index in [1.165, 1.54) is 25.7 Å². The van der Waals surface area contributed by atoms with Crippen molar-refractivity contribution in [2.45, 2.75) is 78.4 Å². The fourth-order valence-corrected chi connectivity index (χ4v) is 3.47. The molecule has 112 valence electrons. The first-order chi connectivity index (χ1) is 8.59. The molecule has 0 bridgehead atoms. The Balaban J connectivity index is 1.85. The van der Waals surface area contributed by atoms with E-state index in [0.29, 0.717) is 5.41 Å². The van der Waals surface area contributed by atoms with Gasteiger partial charge in [-0.05, 0) is 84.5 Å². The fraction of sp³-hybridized carbons (Fsp3) is 1.00. The van der Waals surface area contributed by atoms with Gasteiger partial charge in [-0.1, -0.05) is 0 Å². The van der Waals surface area contributed by atoms with Gasteiger partial charge in [0.1, 0.15) is 0 Å². The summed E-state index contributed by atoms with van der Waals surface area (Å²) in [4.78, 5) is 0. The lowest BCUT2D eigenvalue weighted by atomic mass is 9.79. The Kier molecular flexibility index (Phi) is 4.06. The third kappa shape index (κ3) is 4.75. The average Bonchev–Trinajstić information content (AvgIpc) is 2.82. The molecule has 2 aliphatic carbocycles. The molecular weight excluding hydrogens is 234 g/mol. The molecule has 0 amide bonds. The molecule has 2 nitrogen and oxygen atoms in total. The van der Waals surface area contributed by atoms with Crippen molar-refractivity contribution in [1.29, 1.82) is 0 Å². The summed E-state index contributed by atoms with van der Waals surface area (Å²) < 4.78 is 5.97. The molecule has 0 aromatic heterocycles. The Morgan fingerprint density at radius 3 is 2.11 bits per heavy atom. The van der Waals surface area contributed by atoms with Crippen LogP contribution in [0.2, 0.25) is 0 Å². The molecule has 2 aliphatic rings. The summed E-state index contributed by atoms with van der Waals surface area (Å²) in [5.74, 6) is 2.08. The van der Waals surface area contributed by atoms with Crippen molar-refractivity contribution in [3.05, 3.63) is 0 Å². The quantitative estimate of drug-likeness (QED) is 0.813. The third-order valence-electron chi connectivity index (χ3n) is 4.62. The summed E-state index contributed by atoms with van der Waals surface area (Å²) >= 11 is 0. The monoisotopic (exact) mass is 267 g/mol. The molecule has 0 aromatic carbocycles. The zero-order valence-electron chi connectivity index (χ0n) is 13.8. The van der Waals surface area contributed by atoms with Crippen LogP contribution in [0.1, 0.15) is 67.2 Å². The standard InChI is InChI=1S/C17H33NO/c1-15(2,3)18-12-17(7-8-19-16(4,5)6)10-13-9-14(13)11-17/h13-14,18H,7-12H2,1-6H3. The molecule has 1 N–H and O–H groups in total. The Morgan fingerprint density at radius 1 is 1.05 bits per heavy atom. The predicted molar refractivity (Wildman–Crippen MR) is 81.3 cm³/mol. The first-order valence-corrected chi connectivity index (χ1v) is 7.98. The Morgan fingerprint density at radius 2 is 1.63 bits per heavy atom. The van der Waals surface area contributed by atoms with Crippen LogP contribution < -0.4 is 5.32 Å². The smallest absolute Gasteiger partial charge is 0.0598 e. The number of rotatable bonds is 5. The molecule has 0 aliphatic heterocycles. The van der Waals surface area contributed by atoms with Crippen molar-refractivity contribution in [2.75, 3.05) is 13.2 Å². The van der Waals surface area contributed by atoms with E-state index < -0.39 is 0 Å². The van der Waals surface area contributed by atoms with E-state index in [1.54, 1.807) is 0 Å². The highest BCUT2D eigenvalue weighted by Gasteiger charge is 2.53. The van der Waals surface area contributed by atoms with Crippen molar-refractivity contribution >= 4 is 0 Å². The summed E-state index contributed by atoms with van der Waals surface area (Å²) in [6, 6.07) is 0. The normalized spacial score (nSPS) is 34.4. The van der Waals surface area contributed by atoms with Gasteiger partial charge in [0.2, 0.25) is 0 Å². The molecule has 0 heterocycles. The number of nitrogens with one attached hydrogen (secondary N) is 1. The van der Waals surface area contributed by atoms with Crippen molar-refractivity contribution < 1.29 is 4.74 Å². The van der Waals surface area contributed by atoms with Crippen molar-refractivity contribution in [1.82, 2.24) is 5.32 Å². The van der Waals surface area contributed by atoms with E-state index in [2.05, 4.69) is 46.9 Å². The van der Waals surface area contributed by atoms with Crippen LogP contribution in [0.4, 0.5) is 0 Å². The van der Waals surface area contributed by atoms with E-state index in [1.807, 2.05) is 0 Å². The lowest BCUT2D eigenvalue weighted by Gasteiger charge is -2.35. The van der Waals surface area contributed by atoms with Gasteiger partial charge in [0, 0.05) is 18.7 Å². The van der Waals surface area contributed by atoms with Gasteiger partial charge in [-0.2, -0.15) is 0 Å². The molecule has 19 heavy (non-hydrogen) atoms. The molecule has 2 rings (SSSR count). The van der Waals surface area contributed by atoms with Crippen LogP contribution in [0, 0.1) is 17.3 Å². The van der Waals surface area contributed by atoms with Gasteiger partial charge >= 0.3 is 0 Å². The SMILES string of the molecule is CC(C)(C)NCC1(CCOC(C)(C)C)CC2CC2C1. The first kappa shape index (κ1) is 15.3. The lowest BCUT2D eigenvalue weighted by molar-refractivity contribution is -0.0202. The maximum Gasteiger partial charge on any atom is 0.0598 e. The number of ether oxygens (including phenoxy) is 1. The van der Waals surface area contributed by atoms with E-state index >= 15 is 0 Å². The molecule has 2 atom stereocenters. The topological polar surface area (TPSA) is 21.3 Å². The van der Waals surface area contributed by atoms with Crippen LogP contribution in [0.15, 0.2) is 0 Å². The van der Waals surface area contributed by atoms with E-state index in [4.69, 9.17) is 4.74 Å². The van der Waals surface area contributed by atoms with Gasteiger partial charge in [0.15, 0.2) is 0 Å². The maximum absolute atomic E-state index is 5.97. The summed E-state index contributed by atoms with van der Waals surface area (Å²) in [7, 11) is 0. The highest BCUT2D eigenvalue weighted by atomic mass is 16.5. The number of hydrogen-bond acceptors (Lipinski definition) is 2. The van der Waals surface area contributed by atoms with Gasteiger partial charge in [-0.3, -0.25) is 0 Å². The molecule has 0 spiro atoms. The van der Waals surface area contributed by atoms with Crippen LogP contribution >= 0.6 is 0 Å². The summed E-state index contributed by atoms with van der Waals surface area (Å²) in [5, 5.41) is 3.74. The minimum Gasteiger partial charge on any atom is -0.376 e. The second-order valence-electron chi connectivity index (χ2n) is 8.98. The van der Waals surface area contributed by atoms with Crippen LogP contribution in [-0.4, -0.2) is 24.3 Å². The first-order valence-electron chi connectivity index (χ1n) is 7.98. The zero-order chi connectivity index (χ0) is 14.3. The molecule has 0 saturated heterocycles. The molecule has 2 unspecified atom stereocenters. The Labute approximate surface area is 119 Å². The van der Waals surface area contributed by atoms with Gasteiger partial charge in [-0.15, -0.1) is 0 Å². The van der Waals surface area contributed by atoms with Gasteiger partial charge in [0.05, 0.1) is 5.60 Å². The molecule has 0 aromatic rings. The predicted octanol–water partition coefficient (Wildman–Crippen LogP) is 4.00. The Bertz CT molecular complexity index is 300. The average molecular weight is 267 g/mol. The second-order valence-corrected chi connectivity index (χ2v) is 8.98. The molecule has 2 fully saturated rings. The highest BCUT2D eigenvalue weighted by molar-refractivity contribution is 5.04. The van der Waals surface area contributed by atoms with Crippen molar-refractivity contribution in [2.24, 2.45) is 17.3 Å². The van der Waals surface area contributed by atoms with Gasteiger partial charge in [0.25, 0.3) is 0 Å². The van der Waals surface area contributed by atoms with E-state index in [9.17, 15) is 0 Å². The highest BCUT2D eigenvalue weighted by Crippen LogP contribution is 2.61. The minimum atomic E-state index is 0.000168. The summed E-state index contributed by atoms with van der Waals surface area (Å²) in [6.07, 6.45) is 5.57. The lowest BCUT2D eigenvalue weighted by Crippen LogP contribution is -2.44. The third-order valence-corrected chi connectivity index (χ3v) is 4.62. The zero-order valence-corrected chi connectivity index (χ0v) is 13.8. The van der Waals surface area contributed by atoms with Gasteiger partial charge in [-0.25, -0.2) is 0 Å². The van der Waals surface area contributed by atoms with Crippen LogP contribution in [0.5, 0.6) is 0 Å². The van der Waals surface area contributed by atoms with Crippen molar-refractivity contribution in [3.8, 4) is 0 Å². The van der Waals surface area contributed by atoms with E-state index in [0.717, 1.165) is 25.0 Å². The van der Waals surface area contributed by atoms with E-state index in [-0.39, 0.29) is 11.1 Å². The number of hydrogen-bond donors (Lipinski definition) is 1.